The van der Waals surface area contributed by atoms with E-state index in [1.807, 2.05) is 11.9 Å². The van der Waals surface area contributed by atoms with Crippen LogP contribution < -0.4 is 10.6 Å². The van der Waals surface area contributed by atoms with Crippen molar-refractivity contribution in [2.24, 2.45) is 0 Å². The van der Waals surface area contributed by atoms with Gasteiger partial charge in [-0.1, -0.05) is 6.58 Å². The molecule has 0 atom stereocenters. The van der Waals surface area contributed by atoms with Crippen LogP contribution in [0.2, 0.25) is 0 Å². The van der Waals surface area contributed by atoms with Gasteiger partial charge in [-0.25, -0.2) is 4.98 Å². The SMILES string of the molecule is C=CC(=O)Nc1cnc2c(c1)CN(C)CC(=O)N2.Cl. The molecule has 1 aromatic rings. The standard InChI is InChI=1S/C12H14N4O2.ClH/c1-3-10(17)14-9-4-8-6-16(2)7-11(18)15-12(8)13-5-9;/h3-5H,1,6-7H2,2H3,(H,14,17)(H,13,15,18);1H. The first-order valence-electron chi connectivity index (χ1n) is 5.49. The van der Waals surface area contributed by atoms with E-state index in [2.05, 4.69) is 22.2 Å². The van der Waals surface area contributed by atoms with E-state index in [-0.39, 0.29) is 24.2 Å². The largest absolute Gasteiger partial charge is 0.321 e. The summed E-state index contributed by atoms with van der Waals surface area (Å²) in [6, 6.07) is 1.80. The van der Waals surface area contributed by atoms with Crippen LogP contribution in [0.3, 0.4) is 0 Å². The zero-order valence-corrected chi connectivity index (χ0v) is 11.3. The van der Waals surface area contributed by atoms with Gasteiger partial charge in [-0.3, -0.25) is 14.5 Å². The van der Waals surface area contributed by atoms with E-state index in [9.17, 15) is 9.59 Å². The number of hydrogen-bond donors (Lipinski definition) is 2. The van der Waals surface area contributed by atoms with Crippen LogP contribution in [-0.4, -0.2) is 35.3 Å². The minimum absolute atomic E-state index is 0. The van der Waals surface area contributed by atoms with Gasteiger partial charge >= 0.3 is 0 Å². The Morgan fingerprint density at radius 1 is 1.58 bits per heavy atom. The number of carbonyl (C=O) groups excluding carboxylic acids is 2. The van der Waals surface area contributed by atoms with E-state index >= 15 is 0 Å². The fourth-order valence-corrected chi connectivity index (χ4v) is 1.77. The van der Waals surface area contributed by atoms with Crippen LogP contribution in [0.25, 0.3) is 0 Å². The molecule has 0 unspecified atom stereocenters. The second kappa shape index (κ2) is 6.31. The van der Waals surface area contributed by atoms with Gasteiger partial charge in [0.2, 0.25) is 11.8 Å². The molecular weight excluding hydrogens is 268 g/mol. The third-order valence-corrected chi connectivity index (χ3v) is 2.53. The number of rotatable bonds is 2. The van der Waals surface area contributed by atoms with Gasteiger partial charge in [0, 0.05) is 12.1 Å². The number of fused-ring (bicyclic) bond motifs is 1. The number of hydrogen-bond acceptors (Lipinski definition) is 4. The second-order valence-corrected chi connectivity index (χ2v) is 4.15. The number of nitrogens with one attached hydrogen (secondary N) is 2. The summed E-state index contributed by atoms with van der Waals surface area (Å²) in [5, 5.41) is 5.36. The van der Waals surface area contributed by atoms with Crippen molar-refractivity contribution in [3.8, 4) is 0 Å². The van der Waals surface area contributed by atoms with Gasteiger partial charge in [-0.15, -0.1) is 12.4 Å². The molecule has 0 radical (unpaired) electrons. The van der Waals surface area contributed by atoms with Gasteiger partial charge in [0.25, 0.3) is 0 Å². The monoisotopic (exact) mass is 282 g/mol. The van der Waals surface area contributed by atoms with Crippen LogP contribution in [0.5, 0.6) is 0 Å². The summed E-state index contributed by atoms with van der Waals surface area (Å²) in [6.45, 7) is 4.30. The molecular formula is C12H15ClN4O2. The van der Waals surface area contributed by atoms with Crippen molar-refractivity contribution >= 4 is 35.7 Å². The highest BCUT2D eigenvalue weighted by atomic mass is 35.5. The Labute approximate surface area is 117 Å². The third-order valence-electron chi connectivity index (χ3n) is 2.53. The molecule has 2 amide bonds. The average molecular weight is 283 g/mol. The molecule has 2 rings (SSSR count). The summed E-state index contributed by atoms with van der Waals surface area (Å²) in [6.07, 6.45) is 2.70. The minimum atomic E-state index is -0.289. The van der Waals surface area contributed by atoms with Crippen molar-refractivity contribution < 1.29 is 9.59 Å². The first kappa shape index (κ1) is 15.1. The molecule has 102 valence electrons. The van der Waals surface area contributed by atoms with Crippen molar-refractivity contribution in [1.82, 2.24) is 9.88 Å². The number of amides is 2. The van der Waals surface area contributed by atoms with E-state index in [1.165, 1.54) is 12.3 Å². The molecule has 6 nitrogen and oxygen atoms in total. The van der Waals surface area contributed by atoms with Crippen molar-refractivity contribution in [2.45, 2.75) is 6.54 Å². The summed E-state index contributed by atoms with van der Waals surface area (Å²) >= 11 is 0. The van der Waals surface area contributed by atoms with Crippen molar-refractivity contribution in [2.75, 3.05) is 24.2 Å². The lowest BCUT2D eigenvalue weighted by Gasteiger charge is -2.12. The molecule has 0 aliphatic carbocycles. The highest BCUT2D eigenvalue weighted by Gasteiger charge is 2.17. The van der Waals surface area contributed by atoms with Crippen LogP contribution in [0.4, 0.5) is 11.5 Å². The summed E-state index contributed by atoms with van der Waals surface area (Å²) in [5.74, 6) is 0.162. The van der Waals surface area contributed by atoms with Gasteiger partial charge in [0.05, 0.1) is 18.4 Å². The number of carbonyl (C=O) groups is 2. The minimum Gasteiger partial charge on any atom is -0.321 e. The van der Waals surface area contributed by atoms with E-state index in [0.717, 1.165) is 5.56 Å². The predicted octanol–water partition coefficient (Wildman–Crippen LogP) is 1.01. The van der Waals surface area contributed by atoms with Gasteiger partial charge < -0.3 is 10.6 Å². The van der Waals surface area contributed by atoms with Gasteiger partial charge in [0.1, 0.15) is 5.82 Å². The van der Waals surface area contributed by atoms with Gasteiger partial charge in [-0.05, 0) is 19.2 Å². The molecule has 1 aromatic heterocycles. The number of nitrogens with zero attached hydrogens (tertiary/aromatic N) is 2. The zero-order chi connectivity index (χ0) is 13.1. The molecule has 1 aliphatic rings. The molecule has 0 bridgehead atoms. The third kappa shape index (κ3) is 3.77. The number of pyridine rings is 1. The lowest BCUT2D eigenvalue weighted by molar-refractivity contribution is -0.117. The number of aromatic nitrogens is 1. The van der Waals surface area contributed by atoms with Crippen LogP contribution >= 0.6 is 12.4 Å². The Balaban J connectivity index is 0.00000180. The summed E-state index contributed by atoms with van der Waals surface area (Å²) in [7, 11) is 1.85. The Kier molecular flexibility index (Phi) is 5.02. The average Bonchev–Trinajstić information content (AvgIpc) is 2.45. The summed E-state index contributed by atoms with van der Waals surface area (Å²) in [5.41, 5.74) is 1.45. The van der Waals surface area contributed by atoms with E-state index in [1.54, 1.807) is 6.07 Å². The molecule has 1 aliphatic heterocycles. The van der Waals surface area contributed by atoms with Gasteiger partial charge in [-0.2, -0.15) is 0 Å². The van der Waals surface area contributed by atoms with Crippen LogP contribution in [0.15, 0.2) is 24.9 Å². The fourth-order valence-electron chi connectivity index (χ4n) is 1.77. The van der Waals surface area contributed by atoms with Crippen LogP contribution in [0.1, 0.15) is 5.56 Å². The Bertz CT molecular complexity index is 518. The Hall–Kier alpha value is -1.92. The topological polar surface area (TPSA) is 74.3 Å². The molecule has 0 saturated carbocycles. The number of halogens is 1. The molecule has 0 spiro atoms. The van der Waals surface area contributed by atoms with E-state index < -0.39 is 0 Å². The van der Waals surface area contributed by atoms with Gasteiger partial charge in [0.15, 0.2) is 0 Å². The lowest BCUT2D eigenvalue weighted by atomic mass is 10.2. The molecule has 19 heavy (non-hydrogen) atoms. The molecule has 0 saturated heterocycles. The van der Waals surface area contributed by atoms with E-state index in [0.29, 0.717) is 24.6 Å². The summed E-state index contributed by atoms with van der Waals surface area (Å²) < 4.78 is 0. The Morgan fingerprint density at radius 3 is 3.00 bits per heavy atom. The van der Waals surface area contributed by atoms with Crippen LogP contribution in [0, 0.1) is 0 Å². The highest BCUT2D eigenvalue weighted by molar-refractivity contribution is 5.99. The molecule has 7 heteroatoms. The zero-order valence-electron chi connectivity index (χ0n) is 10.5. The lowest BCUT2D eigenvalue weighted by Crippen LogP contribution is -2.26. The first-order chi connectivity index (χ1) is 8.58. The summed E-state index contributed by atoms with van der Waals surface area (Å²) in [4.78, 5) is 28.7. The fraction of sp³-hybridized carbons (Fsp3) is 0.250. The van der Waals surface area contributed by atoms with Crippen molar-refractivity contribution in [3.05, 3.63) is 30.5 Å². The van der Waals surface area contributed by atoms with Crippen molar-refractivity contribution in [3.63, 3.8) is 0 Å². The maximum Gasteiger partial charge on any atom is 0.247 e. The number of anilines is 2. The quantitative estimate of drug-likeness (QED) is 0.794. The Morgan fingerprint density at radius 2 is 2.32 bits per heavy atom. The maximum absolute atomic E-state index is 11.5. The van der Waals surface area contributed by atoms with E-state index in [4.69, 9.17) is 0 Å². The number of likely N-dealkylation sites (N-methyl/N-ethyl adjacent to an activating group) is 1. The first-order valence-corrected chi connectivity index (χ1v) is 5.49. The maximum atomic E-state index is 11.5. The van der Waals surface area contributed by atoms with Crippen LogP contribution in [-0.2, 0) is 16.1 Å². The predicted molar refractivity (Wildman–Crippen MR) is 75.3 cm³/mol. The molecule has 2 N–H and O–H groups in total. The normalized spacial score (nSPS) is 14.5. The highest BCUT2D eigenvalue weighted by Crippen LogP contribution is 2.21. The molecule has 0 fully saturated rings. The smallest absolute Gasteiger partial charge is 0.247 e. The second-order valence-electron chi connectivity index (χ2n) is 4.15. The molecule has 2 heterocycles. The van der Waals surface area contributed by atoms with Crippen molar-refractivity contribution in [1.29, 1.82) is 0 Å². The molecule has 0 aromatic carbocycles.